The van der Waals surface area contributed by atoms with Gasteiger partial charge in [0.25, 0.3) is 0 Å². The van der Waals surface area contributed by atoms with Crippen molar-refractivity contribution in [1.82, 2.24) is 0 Å². The van der Waals surface area contributed by atoms with Crippen LogP contribution in [-0.2, 0) is 6.42 Å². The lowest BCUT2D eigenvalue weighted by atomic mass is 10.1. The smallest absolute Gasteiger partial charge is 0.123 e. The van der Waals surface area contributed by atoms with Crippen molar-refractivity contribution < 1.29 is 4.74 Å². The van der Waals surface area contributed by atoms with E-state index >= 15 is 0 Å². The van der Waals surface area contributed by atoms with Crippen LogP contribution in [0, 0.1) is 0 Å². The molecule has 2 N–H and O–H groups in total. The molecule has 0 fully saturated rings. The van der Waals surface area contributed by atoms with E-state index < -0.39 is 0 Å². The fourth-order valence-corrected chi connectivity index (χ4v) is 1.46. The minimum atomic E-state index is -0.0114. The van der Waals surface area contributed by atoms with Crippen molar-refractivity contribution in [3.63, 3.8) is 0 Å². The maximum Gasteiger partial charge on any atom is 0.123 e. The Morgan fingerprint density at radius 1 is 1.60 bits per heavy atom. The molecule has 3 heteroatoms. The Balaban J connectivity index is 2.89. The molecule has 0 aliphatic carbocycles. The van der Waals surface area contributed by atoms with Gasteiger partial charge in [0.2, 0.25) is 0 Å². The van der Waals surface area contributed by atoms with Crippen molar-refractivity contribution in [2.24, 2.45) is 5.73 Å². The van der Waals surface area contributed by atoms with Gasteiger partial charge in [0, 0.05) is 5.02 Å². The topological polar surface area (TPSA) is 35.2 Å². The predicted molar refractivity (Wildman–Crippen MR) is 64.5 cm³/mol. The summed E-state index contributed by atoms with van der Waals surface area (Å²) in [5.41, 5.74) is 6.56. The van der Waals surface area contributed by atoms with Crippen LogP contribution in [0.5, 0.6) is 5.75 Å². The molecule has 1 atom stereocenters. The number of hydrogen-bond acceptors (Lipinski definition) is 2. The number of nitrogens with two attached hydrogens (primary N) is 1. The fourth-order valence-electron chi connectivity index (χ4n) is 1.26. The molecule has 82 valence electrons. The van der Waals surface area contributed by atoms with Crippen LogP contribution in [0.1, 0.15) is 12.5 Å². The molecule has 0 spiro atoms. The van der Waals surface area contributed by atoms with Crippen LogP contribution in [0.2, 0.25) is 5.02 Å². The van der Waals surface area contributed by atoms with Crippen LogP contribution >= 0.6 is 11.6 Å². The van der Waals surface area contributed by atoms with Gasteiger partial charge in [-0.15, -0.1) is 0 Å². The quantitative estimate of drug-likeness (QED) is 0.783. The van der Waals surface area contributed by atoms with Crippen LogP contribution in [-0.4, -0.2) is 12.6 Å². The van der Waals surface area contributed by atoms with E-state index in [1.54, 1.807) is 6.08 Å². The van der Waals surface area contributed by atoms with Gasteiger partial charge >= 0.3 is 0 Å². The lowest BCUT2D eigenvalue weighted by Crippen LogP contribution is -2.11. The lowest BCUT2D eigenvalue weighted by Gasteiger charge is -2.14. The van der Waals surface area contributed by atoms with Crippen molar-refractivity contribution in [2.45, 2.75) is 19.4 Å². The van der Waals surface area contributed by atoms with Crippen molar-refractivity contribution in [3.05, 3.63) is 41.4 Å². The van der Waals surface area contributed by atoms with Gasteiger partial charge in [-0.2, -0.15) is 0 Å². The van der Waals surface area contributed by atoms with Crippen LogP contribution < -0.4 is 10.5 Å². The van der Waals surface area contributed by atoms with Gasteiger partial charge < -0.3 is 10.5 Å². The highest BCUT2D eigenvalue weighted by molar-refractivity contribution is 6.30. The minimum absolute atomic E-state index is 0.0114. The zero-order valence-corrected chi connectivity index (χ0v) is 9.63. The molecule has 0 aliphatic heterocycles. The first-order valence-electron chi connectivity index (χ1n) is 4.95. The van der Waals surface area contributed by atoms with E-state index in [1.807, 2.05) is 25.1 Å². The second-order valence-corrected chi connectivity index (χ2v) is 3.79. The fraction of sp³-hybridized carbons (Fsp3) is 0.333. The highest BCUT2D eigenvalue weighted by atomic mass is 35.5. The molecule has 1 aromatic carbocycles. The van der Waals surface area contributed by atoms with Crippen molar-refractivity contribution in [2.75, 3.05) is 6.54 Å². The second-order valence-electron chi connectivity index (χ2n) is 3.35. The molecule has 0 bridgehead atoms. The second kappa shape index (κ2) is 5.79. The zero-order chi connectivity index (χ0) is 11.3. The molecule has 0 saturated carbocycles. The molecule has 2 nitrogen and oxygen atoms in total. The number of halogens is 1. The molecule has 0 amide bonds. The van der Waals surface area contributed by atoms with Gasteiger partial charge in [-0.05, 0) is 43.7 Å². The average molecular weight is 226 g/mol. The van der Waals surface area contributed by atoms with Gasteiger partial charge in [-0.1, -0.05) is 24.3 Å². The Kier molecular flexibility index (Phi) is 4.66. The van der Waals surface area contributed by atoms with Crippen LogP contribution in [0.25, 0.3) is 0 Å². The van der Waals surface area contributed by atoms with Gasteiger partial charge in [0.05, 0.1) is 0 Å². The van der Waals surface area contributed by atoms with Crippen molar-refractivity contribution in [1.29, 1.82) is 0 Å². The Hall–Kier alpha value is -0.990. The van der Waals surface area contributed by atoms with E-state index in [4.69, 9.17) is 22.1 Å². The van der Waals surface area contributed by atoms with E-state index in [2.05, 4.69) is 6.58 Å². The summed E-state index contributed by atoms with van der Waals surface area (Å²) < 4.78 is 5.67. The standard InChI is InChI=1S/C12H16ClNO/c1-3-9(2)15-12-5-4-11(13)8-10(12)6-7-14/h3-5,8-9H,1,6-7,14H2,2H3. The Labute approximate surface area is 95.7 Å². The Morgan fingerprint density at radius 2 is 2.33 bits per heavy atom. The highest BCUT2D eigenvalue weighted by Gasteiger charge is 2.06. The summed E-state index contributed by atoms with van der Waals surface area (Å²) in [6, 6.07) is 5.57. The van der Waals surface area contributed by atoms with Gasteiger partial charge in [-0.25, -0.2) is 0 Å². The zero-order valence-electron chi connectivity index (χ0n) is 8.87. The van der Waals surface area contributed by atoms with E-state index in [-0.39, 0.29) is 6.10 Å². The third kappa shape index (κ3) is 3.57. The minimum Gasteiger partial charge on any atom is -0.486 e. The van der Waals surface area contributed by atoms with E-state index in [9.17, 15) is 0 Å². The van der Waals surface area contributed by atoms with Crippen LogP contribution in [0.3, 0.4) is 0 Å². The van der Waals surface area contributed by atoms with Crippen LogP contribution in [0.15, 0.2) is 30.9 Å². The molecule has 1 rings (SSSR count). The van der Waals surface area contributed by atoms with Gasteiger partial charge in [0.15, 0.2) is 0 Å². The monoisotopic (exact) mass is 225 g/mol. The summed E-state index contributed by atoms with van der Waals surface area (Å²) in [4.78, 5) is 0. The summed E-state index contributed by atoms with van der Waals surface area (Å²) in [5, 5.41) is 0.706. The Morgan fingerprint density at radius 3 is 2.93 bits per heavy atom. The summed E-state index contributed by atoms with van der Waals surface area (Å²) in [5.74, 6) is 0.831. The molecular formula is C12H16ClNO. The number of rotatable bonds is 5. The molecule has 1 unspecified atom stereocenters. The van der Waals surface area contributed by atoms with Crippen LogP contribution in [0.4, 0.5) is 0 Å². The van der Waals surface area contributed by atoms with Gasteiger partial charge in [0.1, 0.15) is 11.9 Å². The number of hydrogen-bond donors (Lipinski definition) is 1. The first-order chi connectivity index (χ1) is 7.17. The third-order valence-electron chi connectivity index (χ3n) is 2.08. The normalized spacial score (nSPS) is 12.2. The predicted octanol–water partition coefficient (Wildman–Crippen LogP) is 2.79. The van der Waals surface area contributed by atoms with Crippen molar-refractivity contribution >= 4 is 11.6 Å². The first-order valence-corrected chi connectivity index (χ1v) is 5.33. The van der Waals surface area contributed by atoms with E-state index in [0.717, 1.165) is 17.7 Å². The van der Waals surface area contributed by atoms with E-state index in [0.29, 0.717) is 11.6 Å². The Bertz CT molecular complexity index is 338. The highest BCUT2D eigenvalue weighted by Crippen LogP contribution is 2.24. The molecule has 0 aromatic heterocycles. The molecule has 0 saturated heterocycles. The van der Waals surface area contributed by atoms with Gasteiger partial charge in [-0.3, -0.25) is 0 Å². The number of ether oxygens (including phenoxy) is 1. The molecule has 0 radical (unpaired) electrons. The van der Waals surface area contributed by atoms with E-state index in [1.165, 1.54) is 0 Å². The molecular weight excluding hydrogens is 210 g/mol. The summed E-state index contributed by atoms with van der Waals surface area (Å²) in [7, 11) is 0. The largest absolute Gasteiger partial charge is 0.486 e. The number of benzene rings is 1. The third-order valence-corrected chi connectivity index (χ3v) is 2.32. The molecule has 0 heterocycles. The van der Waals surface area contributed by atoms with Crippen molar-refractivity contribution in [3.8, 4) is 5.75 Å². The first kappa shape index (κ1) is 12.1. The molecule has 0 aliphatic rings. The molecule has 15 heavy (non-hydrogen) atoms. The molecule has 1 aromatic rings. The SMILES string of the molecule is C=CC(C)Oc1ccc(Cl)cc1CCN. The summed E-state index contributed by atoms with van der Waals surface area (Å²) >= 11 is 5.91. The summed E-state index contributed by atoms with van der Waals surface area (Å²) in [6.45, 7) is 6.20. The summed E-state index contributed by atoms with van der Waals surface area (Å²) in [6.07, 6.45) is 2.50. The lowest BCUT2D eigenvalue weighted by molar-refractivity contribution is 0.267. The average Bonchev–Trinajstić information content (AvgIpc) is 2.22. The maximum atomic E-state index is 5.91. The maximum absolute atomic E-state index is 5.91.